The van der Waals surface area contributed by atoms with Gasteiger partial charge in [-0.15, -0.1) is 0 Å². The number of hydrogen-bond donors (Lipinski definition) is 1. The molecule has 1 N–H and O–H groups in total. The number of sulfone groups is 1. The van der Waals surface area contributed by atoms with Gasteiger partial charge in [0.25, 0.3) is 11.8 Å². The highest BCUT2D eigenvalue weighted by atomic mass is 32.2. The van der Waals surface area contributed by atoms with Crippen LogP contribution in [0, 0.1) is 0 Å². The Hall–Kier alpha value is -3.96. The van der Waals surface area contributed by atoms with Crippen molar-refractivity contribution in [3.63, 3.8) is 0 Å². The number of benzene rings is 2. The second-order valence-corrected chi connectivity index (χ2v) is 10.5. The van der Waals surface area contributed by atoms with Gasteiger partial charge in [-0.05, 0) is 37.3 Å². The van der Waals surface area contributed by atoms with Crippen LogP contribution in [0.2, 0.25) is 0 Å². The number of rotatable bonds is 5. The second kappa shape index (κ2) is 9.83. The Kier molecular flexibility index (Phi) is 6.57. The predicted octanol–water partition coefficient (Wildman–Crippen LogP) is 3.12. The van der Waals surface area contributed by atoms with Crippen molar-refractivity contribution >= 4 is 38.8 Å². The van der Waals surface area contributed by atoms with Crippen molar-refractivity contribution in [2.75, 3.05) is 50.2 Å². The summed E-state index contributed by atoms with van der Waals surface area (Å²) in [6.07, 6.45) is 1.36. The van der Waals surface area contributed by atoms with Crippen LogP contribution in [0.4, 0.5) is 17.2 Å². The van der Waals surface area contributed by atoms with Gasteiger partial charge in [0.2, 0.25) is 9.84 Å². The summed E-state index contributed by atoms with van der Waals surface area (Å²) >= 11 is 0. The van der Waals surface area contributed by atoms with E-state index in [1.165, 1.54) is 36.3 Å². The fourth-order valence-electron chi connectivity index (χ4n) is 4.37. The molecule has 0 radical (unpaired) electrons. The fraction of sp³-hybridized carbons (Fsp3) is 0.269. The summed E-state index contributed by atoms with van der Waals surface area (Å²) in [6.45, 7) is 4.24. The minimum absolute atomic E-state index is 0.0390. The number of morpholine rings is 1. The van der Waals surface area contributed by atoms with E-state index in [1.54, 1.807) is 35.2 Å². The maximum atomic E-state index is 13.5. The number of carbonyl (C=O) groups is 2. The van der Waals surface area contributed by atoms with Gasteiger partial charge in [0.05, 0.1) is 47.9 Å². The molecular weight excluding hydrogens is 496 g/mol. The smallest absolute Gasteiger partial charge is 0.259 e. The van der Waals surface area contributed by atoms with E-state index in [1.807, 2.05) is 6.92 Å². The average Bonchev–Trinajstić information content (AvgIpc) is 2.98. The Morgan fingerprint density at radius 2 is 1.86 bits per heavy atom. The first-order valence-corrected chi connectivity index (χ1v) is 13.3. The van der Waals surface area contributed by atoms with E-state index in [-0.39, 0.29) is 32.8 Å². The van der Waals surface area contributed by atoms with Crippen molar-refractivity contribution in [2.24, 2.45) is 0 Å². The van der Waals surface area contributed by atoms with Crippen molar-refractivity contribution in [1.82, 2.24) is 9.88 Å². The van der Waals surface area contributed by atoms with Crippen molar-refractivity contribution < 1.29 is 27.5 Å². The Bertz CT molecular complexity index is 1480. The monoisotopic (exact) mass is 522 g/mol. The van der Waals surface area contributed by atoms with E-state index in [0.29, 0.717) is 49.9 Å². The van der Waals surface area contributed by atoms with Crippen molar-refractivity contribution in [3.8, 4) is 5.75 Å². The molecular formula is C26H26N4O6S. The summed E-state index contributed by atoms with van der Waals surface area (Å²) in [5.41, 5.74) is 1.28. The summed E-state index contributed by atoms with van der Waals surface area (Å²) in [5.74, 6) is 0.130. The van der Waals surface area contributed by atoms with Gasteiger partial charge < -0.3 is 24.6 Å². The van der Waals surface area contributed by atoms with E-state index < -0.39 is 15.7 Å². The number of pyridine rings is 1. The molecule has 37 heavy (non-hydrogen) atoms. The number of ether oxygens (including phenoxy) is 2. The lowest BCUT2D eigenvalue weighted by Gasteiger charge is -2.27. The Morgan fingerprint density at radius 1 is 1.11 bits per heavy atom. The molecule has 0 saturated carbocycles. The first kappa shape index (κ1) is 24.7. The highest BCUT2D eigenvalue weighted by molar-refractivity contribution is 7.91. The average molecular weight is 523 g/mol. The molecule has 2 aliphatic heterocycles. The number of nitrogens with zero attached hydrogens (tertiary/aromatic N) is 3. The summed E-state index contributed by atoms with van der Waals surface area (Å²) in [7, 11) is -2.48. The van der Waals surface area contributed by atoms with Crippen LogP contribution in [0.5, 0.6) is 5.75 Å². The third-order valence-electron chi connectivity index (χ3n) is 6.30. The predicted molar refractivity (Wildman–Crippen MR) is 136 cm³/mol. The van der Waals surface area contributed by atoms with Gasteiger partial charge in [-0.3, -0.25) is 9.59 Å². The lowest BCUT2D eigenvalue weighted by molar-refractivity contribution is 0.0302. The van der Waals surface area contributed by atoms with Crippen LogP contribution in [-0.2, 0) is 14.6 Å². The highest BCUT2D eigenvalue weighted by Gasteiger charge is 2.34. The molecule has 0 unspecified atom stereocenters. The molecule has 5 rings (SSSR count). The molecule has 0 atom stereocenters. The number of carbonyl (C=O) groups excluding carboxylic acids is 2. The number of nitrogens with one attached hydrogen (secondary N) is 1. The quantitative estimate of drug-likeness (QED) is 0.543. The number of fused-ring (bicyclic) bond motifs is 2. The lowest BCUT2D eigenvalue weighted by atomic mass is 10.1. The normalized spacial score (nSPS) is 16.4. The largest absolute Gasteiger partial charge is 0.492 e. The SMILES string of the molecule is CCOc1cc(C(=O)N2CCOCC2)ccc1Nc1cc2c(cn1)N(C)C(=O)c1ccccc1S2(=O)=O. The first-order valence-electron chi connectivity index (χ1n) is 11.8. The Balaban J connectivity index is 1.50. The zero-order valence-electron chi connectivity index (χ0n) is 20.4. The molecule has 2 amide bonds. The van der Waals surface area contributed by atoms with Crippen molar-refractivity contribution in [2.45, 2.75) is 16.7 Å². The third kappa shape index (κ3) is 4.51. The first-order chi connectivity index (χ1) is 17.8. The molecule has 192 valence electrons. The second-order valence-electron chi connectivity index (χ2n) is 8.57. The number of aromatic nitrogens is 1. The molecule has 1 fully saturated rings. The van der Waals surface area contributed by atoms with E-state index in [2.05, 4.69) is 10.3 Å². The Labute approximate surface area is 214 Å². The van der Waals surface area contributed by atoms with Crippen LogP contribution in [-0.4, -0.2) is 70.1 Å². The van der Waals surface area contributed by atoms with Crippen LogP contribution >= 0.6 is 0 Å². The summed E-state index contributed by atoms with van der Waals surface area (Å²) in [4.78, 5) is 33.2. The van der Waals surface area contributed by atoms with Gasteiger partial charge in [-0.25, -0.2) is 13.4 Å². The maximum Gasteiger partial charge on any atom is 0.259 e. The molecule has 0 aliphatic carbocycles. The molecule has 1 saturated heterocycles. The zero-order valence-corrected chi connectivity index (χ0v) is 21.2. The fourth-order valence-corrected chi connectivity index (χ4v) is 6.04. The molecule has 1 aromatic heterocycles. The van der Waals surface area contributed by atoms with Crippen molar-refractivity contribution in [1.29, 1.82) is 0 Å². The van der Waals surface area contributed by atoms with Gasteiger partial charge in [0.15, 0.2) is 0 Å². The van der Waals surface area contributed by atoms with Crippen molar-refractivity contribution in [3.05, 3.63) is 65.9 Å². The van der Waals surface area contributed by atoms with E-state index >= 15 is 0 Å². The van der Waals surface area contributed by atoms with E-state index in [4.69, 9.17) is 9.47 Å². The van der Waals surface area contributed by atoms with Crippen LogP contribution < -0.4 is 15.0 Å². The van der Waals surface area contributed by atoms with E-state index in [9.17, 15) is 18.0 Å². The summed E-state index contributed by atoms with van der Waals surface area (Å²) in [5, 5.41) is 3.11. The van der Waals surface area contributed by atoms with Crippen LogP contribution in [0.15, 0.2) is 64.5 Å². The molecule has 0 bridgehead atoms. The molecule has 0 spiro atoms. The third-order valence-corrected chi connectivity index (χ3v) is 8.14. The summed E-state index contributed by atoms with van der Waals surface area (Å²) < 4.78 is 38.2. The molecule has 3 heterocycles. The molecule has 10 nitrogen and oxygen atoms in total. The molecule has 2 aliphatic rings. The maximum absolute atomic E-state index is 13.5. The number of hydrogen-bond acceptors (Lipinski definition) is 8. The number of amides is 2. The van der Waals surface area contributed by atoms with Crippen LogP contribution in [0.1, 0.15) is 27.6 Å². The standard InChI is InChI=1S/C26H26N4O6S/c1-3-36-21-14-17(25(31)30-10-12-35-13-11-30)8-9-19(21)28-24-15-23-20(16-27-24)29(2)26(32)18-6-4-5-7-22(18)37(23,33)34/h4-9,14-16H,3,10-13H2,1-2H3,(H,27,28). The summed E-state index contributed by atoms with van der Waals surface area (Å²) in [6, 6.07) is 12.6. The minimum atomic E-state index is -4.00. The molecule has 3 aromatic rings. The highest BCUT2D eigenvalue weighted by Crippen LogP contribution is 2.38. The Morgan fingerprint density at radius 3 is 2.62 bits per heavy atom. The van der Waals surface area contributed by atoms with Gasteiger partial charge in [0.1, 0.15) is 16.5 Å². The van der Waals surface area contributed by atoms with Crippen LogP contribution in [0.3, 0.4) is 0 Å². The molecule has 2 aromatic carbocycles. The van der Waals surface area contributed by atoms with Gasteiger partial charge in [-0.2, -0.15) is 0 Å². The zero-order chi connectivity index (χ0) is 26.2. The number of anilines is 3. The van der Waals surface area contributed by atoms with E-state index in [0.717, 1.165) is 0 Å². The lowest BCUT2D eigenvalue weighted by Crippen LogP contribution is -2.40. The van der Waals surface area contributed by atoms with Gasteiger partial charge in [0, 0.05) is 31.8 Å². The minimum Gasteiger partial charge on any atom is -0.492 e. The van der Waals surface area contributed by atoms with Crippen LogP contribution in [0.25, 0.3) is 0 Å². The topological polar surface area (TPSA) is 118 Å². The molecule has 11 heteroatoms. The van der Waals surface area contributed by atoms with Gasteiger partial charge in [-0.1, -0.05) is 12.1 Å². The van der Waals surface area contributed by atoms with Gasteiger partial charge >= 0.3 is 0 Å².